The molecule has 1 heterocycles. The molecule has 1 unspecified atom stereocenters. The normalized spacial score (nSPS) is 12.5. The molecule has 0 saturated carbocycles. The van der Waals surface area contributed by atoms with Gasteiger partial charge in [0.1, 0.15) is 22.9 Å². The number of carbonyl (C=O) groups is 2. The topological polar surface area (TPSA) is 132 Å². The second-order valence-electron chi connectivity index (χ2n) is 7.38. The number of fused-ring (bicyclic) bond motifs is 1. The van der Waals surface area contributed by atoms with E-state index in [0.29, 0.717) is 42.3 Å². The summed E-state index contributed by atoms with van der Waals surface area (Å²) in [4.78, 5) is 33.6. The van der Waals surface area contributed by atoms with Gasteiger partial charge in [-0.15, -0.1) is 11.6 Å². The summed E-state index contributed by atoms with van der Waals surface area (Å²) in [7, 11) is 3.43. The van der Waals surface area contributed by atoms with Crippen LogP contribution in [0.3, 0.4) is 0 Å². The molecule has 4 N–H and O–H groups in total. The van der Waals surface area contributed by atoms with Crippen molar-refractivity contribution in [3.8, 4) is 5.75 Å². The summed E-state index contributed by atoms with van der Waals surface area (Å²) >= 11 is 5.67. The molecule has 1 atom stereocenters. The van der Waals surface area contributed by atoms with Crippen molar-refractivity contribution in [3.63, 3.8) is 0 Å². The lowest BCUT2D eigenvalue weighted by Gasteiger charge is -2.19. The van der Waals surface area contributed by atoms with Crippen LogP contribution in [-0.4, -0.2) is 51.9 Å². The Bertz CT molecular complexity index is 1190. The number of amidine groups is 1. The smallest absolute Gasteiger partial charge is 0.336 e. The monoisotopic (exact) mass is 471 g/mol. The highest BCUT2D eigenvalue weighted by Gasteiger charge is 2.24. The third-order valence-electron chi connectivity index (χ3n) is 5.25. The zero-order valence-corrected chi connectivity index (χ0v) is 19.2. The molecule has 33 heavy (non-hydrogen) atoms. The lowest BCUT2D eigenvalue weighted by atomic mass is 10.1. The van der Waals surface area contributed by atoms with E-state index in [-0.39, 0.29) is 17.0 Å². The Hall–Kier alpha value is -3.59. The van der Waals surface area contributed by atoms with Gasteiger partial charge in [-0.3, -0.25) is 9.79 Å². The van der Waals surface area contributed by atoms with Crippen molar-refractivity contribution in [2.45, 2.75) is 18.9 Å². The number of para-hydroxylation sites is 1. The predicted octanol–water partition coefficient (Wildman–Crippen LogP) is 3.13. The molecule has 2 aromatic carbocycles. The quantitative estimate of drug-likeness (QED) is 0.180. The number of hydrogen-bond acceptors (Lipinski definition) is 5. The van der Waals surface area contributed by atoms with Crippen LogP contribution in [0, 0.1) is 0 Å². The molecule has 174 valence electrons. The Morgan fingerprint density at radius 1 is 1.24 bits per heavy atom. The van der Waals surface area contributed by atoms with Gasteiger partial charge < -0.3 is 25.5 Å². The minimum Gasteiger partial charge on any atom is -0.494 e. The fraction of sp³-hybridized carbons (Fsp3) is 0.304. The third-order valence-corrected chi connectivity index (χ3v) is 5.52. The standard InChI is InChI=1S/C23H26ClN5O4/c1-29-17-10-5-11-18(33-2)20(17)28-21(29)16(9-6-12-26-19(25)13-24)27-22(30)14-7-3-4-8-15(14)23(31)32/h3-5,7-8,10-11,16H,6,9,12-13H2,1-2H3,(H2,25,26)(H,27,30)(H,31,32). The fourth-order valence-electron chi connectivity index (χ4n) is 3.61. The van der Waals surface area contributed by atoms with Gasteiger partial charge in [-0.05, 0) is 37.1 Å². The van der Waals surface area contributed by atoms with Gasteiger partial charge in [-0.1, -0.05) is 18.2 Å². The number of ether oxygens (including phenoxy) is 1. The Balaban J connectivity index is 1.95. The largest absolute Gasteiger partial charge is 0.494 e. The van der Waals surface area contributed by atoms with Crippen molar-refractivity contribution in [3.05, 3.63) is 59.4 Å². The number of benzene rings is 2. The number of aromatic carboxylic acids is 1. The zero-order valence-electron chi connectivity index (χ0n) is 18.4. The second kappa shape index (κ2) is 10.8. The first-order valence-electron chi connectivity index (χ1n) is 10.3. The average Bonchev–Trinajstić information content (AvgIpc) is 3.17. The summed E-state index contributed by atoms with van der Waals surface area (Å²) in [6.45, 7) is 0.434. The van der Waals surface area contributed by atoms with E-state index in [1.807, 2.05) is 29.8 Å². The average molecular weight is 472 g/mol. The summed E-state index contributed by atoms with van der Waals surface area (Å²) in [5, 5.41) is 12.4. The summed E-state index contributed by atoms with van der Waals surface area (Å²) in [6, 6.07) is 11.2. The molecule has 0 spiro atoms. The number of imidazole rings is 1. The molecule has 0 aliphatic rings. The first-order chi connectivity index (χ1) is 15.9. The maximum absolute atomic E-state index is 13.1. The second-order valence-corrected chi connectivity index (χ2v) is 7.65. The molecular formula is C23H26ClN5O4. The van der Waals surface area contributed by atoms with E-state index >= 15 is 0 Å². The molecule has 1 amide bonds. The van der Waals surface area contributed by atoms with E-state index in [1.165, 1.54) is 12.1 Å². The summed E-state index contributed by atoms with van der Waals surface area (Å²) in [5.74, 6) is 0.0630. The van der Waals surface area contributed by atoms with Crippen LogP contribution in [0.15, 0.2) is 47.5 Å². The molecule has 0 aliphatic heterocycles. The minimum absolute atomic E-state index is 0.0695. The highest BCUT2D eigenvalue weighted by molar-refractivity contribution is 6.27. The molecule has 3 aromatic rings. The number of nitrogens with one attached hydrogen (secondary N) is 1. The van der Waals surface area contributed by atoms with Crippen LogP contribution in [0.1, 0.15) is 45.4 Å². The van der Waals surface area contributed by atoms with Crippen molar-refractivity contribution in [1.82, 2.24) is 14.9 Å². The summed E-state index contributed by atoms with van der Waals surface area (Å²) < 4.78 is 7.32. The van der Waals surface area contributed by atoms with Crippen LogP contribution in [-0.2, 0) is 7.05 Å². The molecule has 10 heteroatoms. The van der Waals surface area contributed by atoms with Crippen molar-refractivity contribution >= 4 is 40.3 Å². The zero-order chi connectivity index (χ0) is 24.0. The molecule has 0 bridgehead atoms. The molecule has 9 nitrogen and oxygen atoms in total. The number of carboxylic acid groups (broad SMARTS) is 1. The summed E-state index contributed by atoms with van der Waals surface area (Å²) in [6.07, 6.45) is 1.10. The number of nitrogens with two attached hydrogens (primary N) is 1. The Labute approximate surface area is 196 Å². The fourth-order valence-corrected chi connectivity index (χ4v) is 3.70. The van der Waals surface area contributed by atoms with E-state index in [9.17, 15) is 14.7 Å². The van der Waals surface area contributed by atoms with Crippen molar-refractivity contribution in [2.24, 2.45) is 17.8 Å². The number of aromatic nitrogens is 2. The van der Waals surface area contributed by atoms with Crippen LogP contribution in [0.25, 0.3) is 11.0 Å². The molecule has 3 rings (SSSR count). The maximum Gasteiger partial charge on any atom is 0.336 e. The van der Waals surface area contributed by atoms with E-state index in [0.717, 1.165) is 5.52 Å². The predicted molar refractivity (Wildman–Crippen MR) is 127 cm³/mol. The number of halogens is 1. The van der Waals surface area contributed by atoms with E-state index in [2.05, 4.69) is 10.3 Å². The SMILES string of the molecule is COc1cccc2c1nc(C(CCCN=C(N)CCl)NC(=O)c1ccccc1C(=O)O)n2C. The number of carbonyl (C=O) groups excluding carboxylic acids is 1. The molecular weight excluding hydrogens is 446 g/mol. The number of aliphatic imine (C=N–C) groups is 1. The van der Waals surface area contributed by atoms with Gasteiger partial charge in [0.05, 0.1) is 35.7 Å². The number of nitrogens with zero attached hydrogens (tertiary/aromatic N) is 3. The Kier molecular flexibility index (Phi) is 7.89. The molecule has 0 fully saturated rings. The third kappa shape index (κ3) is 5.43. The van der Waals surface area contributed by atoms with E-state index in [4.69, 9.17) is 27.1 Å². The van der Waals surface area contributed by atoms with Gasteiger partial charge in [0.2, 0.25) is 0 Å². The Morgan fingerprint density at radius 2 is 1.97 bits per heavy atom. The first kappa shape index (κ1) is 24.1. The number of carboxylic acids is 1. The van der Waals surface area contributed by atoms with Crippen molar-refractivity contribution in [1.29, 1.82) is 0 Å². The van der Waals surface area contributed by atoms with Crippen LogP contribution in [0.5, 0.6) is 5.75 Å². The number of alkyl halides is 1. The molecule has 1 aromatic heterocycles. The highest BCUT2D eigenvalue weighted by atomic mass is 35.5. The molecule has 0 saturated heterocycles. The van der Waals surface area contributed by atoms with Gasteiger partial charge in [-0.25, -0.2) is 9.78 Å². The Morgan fingerprint density at radius 3 is 2.64 bits per heavy atom. The van der Waals surface area contributed by atoms with Gasteiger partial charge >= 0.3 is 5.97 Å². The molecule has 0 radical (unpaired) electrons. The summed E-state index contributed by atoms with van der Waals surface area (Å²) in [5.41, 5.74) is 7.20. The molecule has 0 aliphatic carbocycles. The maximum atomic E-state index is 13.1. The number of aryl methyl sites for hydroxylation is 1. The van der Waals surface area contributed by atoms with Gasteiger partial charge in [-0.2, -0.15) is 0 Å². The lowest BCUT2D eigenvalue weighted by molar-refractivity contribution is 0.0690. The van der Waals surface area contributed by atoms with Crippen LogP contribution in [0.2, 0.25) is 0 Å². The van der Waals surface area contributed by atoms with Crippen LogP contribution < -0.4 is 15.8 Å². The van der Waals surface area contributed by atoms with Crippen molar-refractivity contribution in [2.75, 3.05) is 19.5 Å². The number of methoxy groups -OCH3 is 1. The minimum atomic E-state index is -1.17. The number of rotatable bonds is 10. The first-order valence-corrected chi connectivity index (χ1v) is 10.9. The lowest BCUT2D eigenvalue weighted by Crippen LogP contribution is -2.31. The van der Waals surface area contributed by atoms with E-state index in [1.54, 1.807) is 19.2 Å². The van der Waals surface area contributed by atoms with Crippen molar-refractivity contribution < 1.29 is 19.4 Å². The number of hydrogen-bond donors (Lipinski definition) is 3. The van der Waals surface area contributed by atoms with E-state index < -0.39 is 17.9 Å². The number of amides is 1. The van der Waals surface area contributed by atoms with Gasteiger partial charge in [0.15, 0.2) is 0 Å². The van der Waals surface area contributed by atoms with Crippen LogP contribution >= 0.6 is 11.6 Å². The van der Waals surface area contributed by atoms with Gasteiger partial charge in [0, 0.05) is 13.6 Å². The highest BCUT2D eigenvalue weighted by Crippen LogP contribution is 2.29. The van der Waals surface area contributed by atoms with Gasteiger partial charge in [0.25, 0.3) is 5.91 Å². The van der Waals surface area contributed by atoms with Crippen LogP contribution in [0.4, 0.5) is 0 Å².